The zero-order chi connectivity index (χ0) is 14.4. The van der Waals surface area contributed by atoms with E-state index in [1.165, 1.54) is 24.3 Å². The van der Waals surface area contributed by atoms with Crippen LogP contribution in [-0.2, 0) is 6.42 Å². The van der Waals surface area contributed by atoms with E-state index in [1.807, 2.05) is 30.3 Å². The van der Waals surface area contributed by atoms with Crippen molar-refractivity contribution in [1.29, 1.82) is 0 Å². The van der Waals surface area contributed by atoms with Gasteiger partial charge in [-0.05, 0) is 36.2 Å². The van der Waals surface area contributed by atoms with Crippen LogP contribution in [-0.4, -0.2) is 23.7 Å². The topological polar surface area (TPSA) is 49.3 Å². The van der Waals surface area contributed by atoms with Crippen LogP contribution in [0, 0.1) is 5.82 Å². The van der Waals surface area contributed by atoms with Gasteiger partial charge in [0, 0.05) is 5.56 Å². The molecule has 0 fully saturated rings. The van der Waals surface area contributed by atoms with Gasteiger partial charge >= 0.3 is 0 Å². The van der Waals surface area contributed by atoms with Gasteiger partial charge in [-0.1, -0.05) is 30.3 Å². The van der Waals surface area contributed by atoms with Gasteiger partial charge in [-0.2, -0.15) is 0 Å². The molecule has 0 aromatic heterocycles. The molecule has 0 bridgehead atoms. The predicted molar refractivity (Wildman–Crippen MR) is 74.9 cm³/mol. The highest BCUT2D eigenvalue weighted by Crippen LogP contribution is 2.06. The number of amides is 1. The molecular weight excluding hydrogens is 257 g/mol. The molecule has 1 atom stereocenters. The molecule has 3 nitrogen and oxygen atoms in total. The number of benzene rings is 2. The highest BCUT2D eigenvalue weighted by Gasteiger charge is 2.13. The zero-order valence-corrected chi connectivity index (χ0v) is 10.9. The number of aliphatic hydroxyl groups excluding tert-OH is 1. The van der Waals surface area contributed by atoms with Gasteiger partial charge < -0.3 is 10.4 Å². The molecule has 2 N–H and O–H groups in total. The first-order chi connectivity index (χ1) is 9.69. The standard InChI is InChI=1S/C16H16FNO2/c17-14-8-6-13(7-9-14)16(20)18-15(11-19)10-12-4-2-1-3-5-12/h1-9,15,19H,10-11H2,(H,18,20)/t15-/m0/s1. The number of hydrogen-bond donors (Lipinski definition) is 2. The lowest BCUT2D eigenvalue weighted by Gasteiger charge is -2.16. The van der Waals surface area contributed by atoms with E-state index in [0.29, 0.717) is 12.0 Å². The Bertz CT molecular complexity index is 554. The Morgan fingerprint density at radius 3 is 2.35 bits per heavy atom. The first-order valence-corrected chi connectivity index (χ1v) is 6.40. The molecule has 1 amide bonds. The van der Waals surface area contributed by atoms with E-state index in [9.17, 15) is 14.3 Å². The van der Waals surface area contributed by atoms with Gasteiger partial charge in [-0.3, -0.25) is 4.79 Å². The van der Waals surface area contributed by atoms with Crippen molar-refractivity contribution in [2.75, 3.05) is 6.61 Å². The minimum Gasteiger partial charge on any atom is -0.394 e. The van der Waals surface area contributed by atoms with Gasteiger partial charge in [0.15, 0.2) is 0 Å². The molecule has 4 heteroatoms. The molecule has 2 rings (SSSR count). The number of aliphatic hydroxyl groups is 1. The maximum Gasteiger partial charge on any atom is 0.251 e. The molecule has 0 spiro atoms. The second kappa shape index (κ2) is 6.82. The van der Waals surface area contributed by atoms with E-state index in [1.54, 1.807) is 0 Å². The van der Waals surface area contributed by atoms with E-state index < -0.39 is 0 Å². The van der Waals surface area contributed by atoms with Crippen molar-refractivity contribution in [3.8, 4) is 0 Å². The second-order valence-electron chi connectivity index (χ2n) is 4.55. The number of hydrogen-bond acceptors (Lipinski definition) is 2. The monoisotopic (exact) mass is 273 g/mol. The number of carbonyl (C=O) groups is 1. The van der Waals surface area contributed by atoms with Crippen LogP contribution in [0.3, 0.4) is 0 Å². The molecular formula is C16H16FNO2. The van der Waals surface area contributed by atoms with E-state index >= 15 is 0 Å². The van der Waals surface area contributed by atoms with E-state index in [-0.39, 0.29) is 24.4 Å². The van der Waals surface area contributed by atoms with Crippen LogP contribution in [0.5, 0.6) is 0 Å². The van der Waals surface area contributed by atoms with Crippen LogP contribution < -0.4 is 5.32 Å². The van der Waals surface area contributed by atoms with Crippen LogP contribution in [0.25, 0.3) is 0 Å². The Balaban J connectivity index is 1.99. The van der Waals surface area contributed by atoms with E-state index in [2.05, 4.69) is 5.32 Å². The Morgan fingerprint density at radius 2 is 1.75 bits per heavy atom. The summed E-state index contributed by atoms with van der Waals surface area (Å²) in [7, 11) is 0. The lowest BCUT2D eigenvalue weighted by molar-refractivity contribution is 0.0916. The third-order valence-corrected chi connectivity index (χ3v) is 2.99. The molecule has 2 aromatic rings. The molecule has 0 heterocycles. The van der Waals surface area contributed by atoms with E-state index in [0.717, 1.165) is 5.56 Å². The summed E-state index contributed by atoms with van der Waals surface area (Å²) in [5.74, 6) is -0.704. The maximum atomic E-state index is 12.8. The Hall–Kier alpha value is -2.20. The van der Waals surface area contributed by atoms with Crippen molar-refractivity contribution in [3.63, 3.8) is 0 Å². The first kappa shape index (κ1) is 14.2. The molecule has 0 aliphatic carbocycles. The van der Waals surface area contributed by atoms with Crippen molar-refractivity contribution in [3.05, 3.63) is 71.5 Å². The molecule has 20 heavy (non-hydrogen) atoms. The average Bonchev–Trinajstić information content (AvgIpc) is 2.48. The minimum atomic E-state index is -0.385. The predicted octanol–water partition coefficient (Wildman–Crippen LogP) is 2.16. The zero-order valence-electron chi connectivity index (χ0n) is 10.9. The van der Waals surface area contributed by atoms with Crippen LogP contribution in [0.1, 0.15) is 15.9 Å². The molecule has 0 aliphatic heterocycles. The summed E-state index contributed by atoms with van der Waals surface area (Å²) in [6.07, 6.45) is 0.546. The summed E-state index contributed by atoms with van der Waals surface area (Å²) in [6.45, 7) is -0.151. The van der Waals surface area contributed by atoms with Gasteiger partial charge in [-0.25, -0.2) is 4.39 Å². The summed E-state index contributed by atoms with van der Waals surface area (Å²) in [5, 5.41) is 12.1. The number of nitrogens with one attached hydrogen (secondary N) is 1. The van der Waals surface area contributed by atoms with Crippen LogP contribution in [0.15, 0.2) is 54.6 Å². The summed E-state index contributed by atoms with van der Waals surface area (Å²) >= 11 is 0. The molecule has 0 aliphatic rings. The smallest absolute Gasteiger partial charge is 0.251 e. The van der Waals surface area contributed by atoms with Gasteiger partial charge in [0.25, 0.3) is 5.91 Å². The molecule has 2 aromatic carbocycles. The highest BCUT2D eigenvalue weighted by atomic mass is 19.1. The maximum absolute atomic E-state index is 12.8. The normalized spacial score (nSPS) is 11.9. The molecule has 0 saturated heterocycles. The largest absolute Gasteiger partial charge is 0.394 e. The minimum absolute atomic E-state index is 0.151. The molecule has 0 radical (unpaired) electrons. The quantitative estimate of drug-likeness (QED) is 0.877. The Kier molecular flexibility index (Phi) is 4.85. The van der Waals surface area contributed by atoms with Crippen molar-refractivity contribution >= 4 is 5.91 Å². The number of halogens is 1. The Morgan fingerprint density at radius 1 is 1.10 bits per heavy atom. The fourth-order valence-corrected chi connectivity index (χ4v) is 1.93. The first-order valence-electron chi connectivity index (χ1n) is 6.40. The molecule has 0 saturated carbocycles. The lowest BCUT2D eigenvalue weighted by Crippen LogP contribution is -2.39. The van der Waals surface area contributed by atoms with Crippen molar-refractivity contribution in [2.24, 2.45) is 0 Å². The summed E-state index contributed by atoms with van der Waals surface area (Å²) < 4.78 is 12.8. The summed E-state index contributed by atoms with van der Waals surface area (Å²) in [6, 6.07) is 14.5. The van der Waals surface area contributed by atoms with Gasteiger partial charge in [-0.15, -0.1) is 0 Å². The van der Waals surface area contributed by atoms with Gasteiger partial charge in [0.2, 0.25) is 0 Å². The summed E-state index contributed by atoms with van der Waals surface area (Å²) in [4.78, 5) is 12.0. The fraction of sp³-hybridized carbons (Fsp3) is 0.188. The van der Waals surface area contributed by atoms with E-state index in [4.69, 9.17) is 0 Å². The van der Waals surface area contributed by atoms with Gasteiger partial charge in [0.05, 0.1) is 12.6 Å². The van der Waals surface area contributed by atoms with Gasteiger partial charge in [0.1, 0.15) is 5.82 Å². The van der Waals surface area contributed by atoms with Crippen LogP contribution in [0.2, 0.25) is 0 Å². The van der Waals surface area contributed by atoms with Crippen LogP contribution in [0.4, 0.5) is 4.39 Å². The molecule has 104 valence electrons. The third kappa shape index (κ3) is 3.90. The lowest BCUT2D eigenvalue weighted by atomic mass is 10.1. The molecule has 0 unspecified atom stereocenters. The third-order valence-electron chi connectivity index (χ3n) is 2.99. The SMILES string of the molecule is O=C(N[C@H](CO)Cc1ccccc1)c1ccc(F)cc1. The van der Waals surface area contributed by atoms with Crippen molar-refractivity contribution < 1.29 is 14.3 Å². The summed E-state index contributed by atoms with van der Waals surface area (Å²) in [5.41, 5.74) is 1.41. The number of carbonyl (C=O) groups excluding carboxylic acids is 1. The van der Waals surface area contributed by atoms with Crippen LogP contribution >= 0.6 is 0 Å². The fourth-order valence-electron chi connectivity index (χ4n) is 1.93. The Labute approximate surface area is 117 Å². The second-order valence-corrected chi connectivity index (χ2v) is 4.55. The number of rotatable bonds is 5. The highest BCUT2D eigenvalue weighted by molar-refractivity contribution is 5.94. The van der Waals surface area contributed by atoms with Crippen molar-refractivity contribution in [2.45, 2.75) is 12.5 Å². The van der Waals surface area contributed by atoms with Crippen molar-refractivity contribution in [1.82, 2.24) is 5.32 Å². The average molecular weight is 273 g/mol.